The number of rotatable bonds is 9. The van der Waals surface area contributed by atoms with Gasteiger partial charge in [0.15, 0.2) is 6.23 Å². The molecule has 0 aliphatic carbocycles. The van der Waals surface area contributed by atoms with E-state index in [0.29, 0.717) is 25.1 Å². The molecule has 1 aliphatic heterocycles. The Labute approximate surface area is 191 Å². The van der Waals surface area contributed by atoms with E-state index in [1.54, 1.807) is 0 Å². The number of β-lactam (4-membered cyclic amide) rings is 1. The summed E-state index contributed by atoms with van der Waals surface area (Å²) in [6.07, 6.45) is 2.26. The average Bonchev–Trinajstić information content (AvgIpc) is 2.80. The van der Waals surface area contributed by atoms with Crippen molar-refractivity contribution in [2.24, 2.45) is 11.1 Å². The van der Waals surface area contributed by atoms with Crippen LogP contribution in [0.25, 0.3) is 0 Å². The Morgan fingerprint density at radius 1 is 1.09 bits per heavy atom. The van der Waals surface area contributed by atoms with E-state index in [-0.39, 0.29) is 11.9 Å². The zero-order valence-corrected chi connectivity index (χ0v) is 19.6. The largest absolute Gasteiger partial charge is 0.469 e. The average molecular weight is 438 g/mol. The van der Waals surface area contributed by atoms with Crippen molar-refractivity contribution >= 4 is 11.9 Å². The fourth-order valence-corrected chi connectivity index (χ4v) is 4.36. The molecule has 32 heavy (non-hydrogen) atoms. The Kier molecular flexibility index (Phi) is 7.56. The summed E-state index contributed by atoms with van der Waals surface area (Å²) < 4.78 is 6.22. The van der Waals surface area contributed by atoms with Gasteiger partial charge in [-0.3, -0.25) is 4.79 Å². The number of carbonyl (C=O) groups excluding carboxylic acids is 2. The number of nitrogens with one attached hydrogen (secondary N) is 1. The SMILES string of the molecule is CCCC(NC(=O)N1C(=O)C(CC)(CC)[C@@H]1Oc1ccc(CN)cc1)c1ccc(C)cc1. The van der Waals surface area contributed by atoms with E-state index in [2.05, 4.69) is 12.2 Å². The molecule has 0 saturated carbocycles. The Bertz CT molecular complexity index is 920. The molecular weight excluding hydrogens is 402 g/mol. The molecule has 2 atom stereocenters. The number of nitrogens with zero attached hydrogens (tertiary/aromatic N) is 1. The Morgan fingerprint density at radius 2 is 1.72 bits per heavy atom. The zero-order chi connectivity index (χ0) is 23.3. The van der Waals surface area contributed by atoms with Crippen molar-refractivity contribution in [1.82, 2.24) is 10.2 Å². The number of aryl methyl sites for hydroxylation is 1. The molecule has 6 heteroatoms. The van der Waals surface area contributed by atoms with E-state index < -0.39 is 17.7 Å². The third-order valence-electron chi connectivity index (χ3n) is 6.59. The van der Waals surface area contributed by atoms with Crippen LogP contribution in [0.1, 0.15) is 69.2 Å². The molecule has 0 aromatic heterocycles. The van der Waals surface area contributed by atoms with Crippen LogP contribution in [0.4, 0.5) is 4.79 Å². The van der Waals surface area contributed by atoms with Crippen molar-refractivity contribution in [2.45, 2.75) is 72.2 Å². The molecule has 3 rings (SSSR count). The summed E-state index contributed by atoms with van der Waals surface area (Å²) in [6, 6.07) is 15.0. The minimum absolute atomic E-state index is 0.163. The highest BCUT2D eigenvalue weighted by Gasteiger charge is 2.63. The van der Waals surface area contributed by atoms with Gasteiger partial charge >= 0.3 is 6.03 Å². The van der Waals surface area contributed by atoms with Gasteiger partial charge in [0.1, 0.15) is 11.2 Å². The second kappa shape index (κ2) is 10.2. The minimum atomic E-state index is -0.700. The topological polar surface area (TPSA) is 84.7 Å². The predicted molar refractivity (Wildman–Crippen MR) is 126 cm³/mol. The van der Waals surface area contributed by atoms with Gasteiger partial charge in [0, 0.05) is 6.54 Å². The first-order valence-corrected chi connectivity index (χ1v) is 11.6. The van der Waals surface area contributed by atoms with Gasteiger partial charge in [-0.2, -0.15) is 0 Å². The summed E-state index contributed by atoms with van der Waals surface area (Å²) in [4.78, 5) is 27.7. The third-order valence-corrected chi connectivity index (χ3v) is 6.59. The second-order valence-electron chi connectivity index (χ2n) is 8.56. The highest BCUT2D eigenvalue weighted by atomic mass is 16.5. The van der Waals surface area contributed by atoms with E-state index in [1.165, 1.54) is 4.90 Å². The lowest BCUT2D eigenvalue weighted by Crippen LogP contribution is -2.73. The van der Waals surface area contributed by atoms with Gasteiger partial charge in [-0.05, 0) is 49.4 Å². The number of likely N-dealkylation sites (tertiary alicyclic amines) is 1. The van der Waals surface area contributed by atoms with E-state index in [1.807, 2.05) is 69.3 Å². The smallest absolute Gasteiger partial charge is 0.327 e. The van der Waals surface area contributed by atoms with Crippen molar-refractivity contribution in [3.05, 3.63) is 65.2 Å². The first-order chi connectivity index (χ1) is 15.4. The number of hydrogen-bond acceptors (Lipinski definition) is 4. The lowest BCUT2D eigenvalue weighted by Gasteiger charge is -2.53. The number of hydrogen-bond donors (Lipinski definition) is 2. The van der Waals surface area contributed by atoms with E-state index >= 15 is 0 Å². The number of ether oxygens (including phenoxy) is 1. The van der Waals surface area contributed by atoms with Gasteiger partial charge < -0.3 is 15.8 Å². The summed E-state index contributed by atoms with van der Waals surface area (Å²) in [5.74, 6) is 0.440. The zero-order valence-electron chi connectivity index (χ0n) is 19.6. The van der Waals surface area contributed by atoms with Gasteiger partial charge in [0.2, 0.25) is 5.91 Å². The van der Waals surface area contributed by atoms with Crippen molar-refractivity contribution in [1.29, 1.82) is 0 Å². The maximum atomic E-state index is 13.3. The van der Waals surface area contributed by atoms with Crippen LogP contribution in [0.2, 0.25) is 0 Å². The molecule has 3 N–H and O–H groups in total. The van der Waals surface area contributed by atoms with Gasteiger partial charge in [-0.1, -0.05) is 69.2 Å². The second-order valence-corrected chi connectivity index (χ2v) is 8.56. The van der Waals surface area contributed by atoms with Crippen LogP contribution < -0.4 is 15.8 Å². The van der Waals surface area contributed by atoms with Crippen LogP contribution in [0.3, 0.4) is 0 Å². The van der Waals surface area contributed by atoms with Crippen molar-refractivity contribution < 1.29 is 14.3 Å². The molecule has 1 unspecified atom stereocenters. The van der Waals surface area contributed by atoms with Gasteiger partial charge in [-0.15, -0.1) is 0 Å². The van der Waals surface area contributed by atoms with Gasteiger partial charge in [0.05, 0.1) is 6.04 Å². The molecule has 1 saturated heterocycles. The highest BCUT2D eigenvalue weighted by molar-refractivity contribution is 6.03. The van der Waals surface area contributed by atoms with Crippen LogP contribution in [-0.4, -0.2) is 23.1 Å². The molecule has 2 aromatic carbocycles. The summed E-state index contributed by atoms with van der Waals surface area (Å²) in [5.41, 5.74) is 8.18. The minimum Gasteiger partial charge on any atom is -0.469 e. The molecule has 1 heterocycles. The molecule has 1 fully saturated rings. The van der Waals surface area contributed by atoms with Crippen LogP contribution in [0.5, 0.6) is 5.75 Å². The lowest BCUT2D eigenvalue weighted by atomic mass is 9.72. The first kappa shape index (κ1) is 23.8. The molecule has 1 aliphatic rings. The maximum Gasteiger partial charge on any atom is 0.327 e. The van der Waals surface area contributed by atoms with Crippen molar-refractivity contribution in [2.75, 3.05) is 0 Å². The van der Waals surface area contributed by atoms with E-state index in [4.69, 9.17) is 10.5 Å². The summed E-state index contributed by atoms with van der Waals surface area (Å²) in [5, 5.41) is 3.08. The fourth-order valence-electron chi connectivity index (χ4n) is 4.36. The molecule has 0 radical (unpaired) electrons. The van der Waals surface area contributed by atoms with Crippen molar-refractivity contribution in [3.63, 3.8) is 0 Å². The van der Waals surface area contributed by atoms with Crippen LogP contribution in [0, 0.1) is 12.3 Å². The summed E-state index contributed by atoms with van der Waals surface area (Å²) in [7, 11) is 0. The standard InChI is InChI=1S/C26H35N3O3/c1-5-8-22(20-13-9-18(4)10-14-20)28-25(31)29-23(30)26(6-2,7-3)24(29)32-21-15-11-19(17-27)12-16-21/h9-16,22,24H,5-8,17,27H2,1-4H3,(H,28,31)/t22?,24-/m0/s1. The number of carbonyl (C=O) groups is 2. The number of nitrogens with two attached hydrogens (primary N) is 1. The number of imide groups is 1. The van der Waals surface area contributed by atoms with E-state index in [9.17, 15) is 9.59 Å². The van der Waals surface area contributed by atoms with Crippen LogP contribution in [0.15, 0.2) is 48.5 Å². The molecule has 172 valence electrons. The summed E-state index contributed by atoms with van der Waals surface area (Å²) in [6.45, 7) is 8.50. The molecule has 0 spiro atoms. The molecule has 2 aromatic rings. The number of amides is 3. The normalized spacial score (nSPS) is 18.1. The molecule has 0 bridgehead atoms. The highest BCUT2D eigenvalue weighted by Crippen LogP contribution is 2.46. The van der Waals surface area contributed by atoms with Crippen molar-refractivity contribution in [3.8, 4) is 5.75 Å². The fraction of sp³-hybridized carbons (Fsp3) is 0.462. The monoisotopic (exact) mass is 437 g/mol. The first-order valence-electron chi connectivity index (χ1n) is 11.6. The quantitative estimate of drug-likeness (QED) is 0.537. The van der Waals surface area contributed by atoms with Crippen LogP contribution in [-0.2, 0) is 11.3 Å². The Balaban J connectivity index is 1.82. The number of urea groups is 1. The maximum absolute atomic E-state index is 13.3. The third kappa shape index (κ3) is 4.51. The number of benzene rings is 2. The Morgan fingerprint density at radius 3 is 2.25 bits per heavy atom. The van der Waals surface area contributed by atoms with Gasteiger partial charge in [-0.25, -0.2) is 9.69 Å². The Hall–Kier alpha value is -2.86. The van der Waals surface area contributed by atoms with Gasteiger partial charge in [0.25, 0.3) is 0 Å². The predicted octanol–water partition coefficient (Wildman–Crippen LogP) is 5.06. The molecular formula is C26H35N3O3. The van der Waals surface area contributed by atoms with E-state index in [0.717, 1.165) is 29.5 Å². The van der Waals surface area contributed by atoms with Crippen LogP contribution >= 0.6 is 0 Å². The summed E-state index contributed by atoms with van der Waals surface area (Å²) >= 11 is 0. The molecule has 3 amide bonds. The lowest BCUT2D eigenvalue weighted by molar-refractivity contribution is -0.191. The molecule has 6 nitrogen and oxygen atoms in total.